The van der Waals surface area contributed by atoms with Crippen molar-refractivity contribution >= 4 is 11.9 Å². The number of allylic oxidation sites excluding steroid dienone is 2. The second-order valence-corrected chi connectivity index (χ2v) is 9.23. The largest absolute Gasteiger partial charge is 0.328 e. The van der Waals surface area contributed by atoms with E-state index in [0.717, 1.165) is 38.2 Å². The Hall–Kier alpha value is -2.47. The van der Waals surface area contributed by atoms with Gasteiger partial charge < -0.3 is 4.90 Å². The van der Waals surface area contributed by atoms with Crippen LogP contribution in [0.2, 0.25) is 0 Å². The second-order valence-electron chi connectivity index (χ2n) is 9.23. The summed E-state index contributed by atoms with van der Waals surface area (Å²) in [5.41, 5.74) is 2.84. The first kappa shape index (κ1) is 21.8. The van der Waals surface area contributed by atoms with E-state index in [1.807, 2.05) is 25.1 Å². The maximum Gasteiger partial charge on any atom is 0.328 e. The molecule has 1 atom stereocenters. The number of carbonyl (C=O) groups is 2. The topological polar surface area (TPSA) is 56.8 Å². The minimum Gasteiger partial charge on any atom is -0.310 e. The van der Waals surface area contributed by atoms with Crippen molar-refractivity contribution in [2.24, 2.45) is 5.92 Å². The number of nitrogens with zero attached hydrogens (tertiary/aromatic N) is 4. The number of hydrogen-bond donors (Lipinski definition) is 0. The quantitative estimate of drug-likeness (QED) is 0.514. The van der Waals surface area contributed by atoms with Crippen LogP contribution in [0, 0.1) is 5.92 Å². The molecule has 6 nitrogen and oxygen atoms in total. The smallest absolute Gasteiger partial charge is 0.310 e. The van der Waals surface area contributed by atoms with Crippen LogP contribution in [0.5, 0.6) is 0 Å². The van der Waals surface area contributed by atoms with Crippen LogP contribution in [-0.2, 0) is 11.3 Å². The maximum atomic E-state index is 13.5. The molecule has 0 radical (unpaired) electrons. The first-order valence-corrected chi connectivity index (χ1v) is 11.5. The van der Waals surface area contributed by atoms with Crippen LogP contribution in [0.15, 0.2) is 48.2 Å². The summed E-state index contributed by atoms with van der Waals surface area (Å²) in [6.07, 6.45) is 8.92. The highest BCUT2D eigenvalue weighted by atomic mass is 16.2. The lowest BCUT2D eigenvalue weighted by Gasteiger charge is -2.42. The van der Waals surface area contributed by atoms with Gasteiger partial charge in [0, 0.05) is 32.4 Å². The summed E-state index contributed by atoms with van der Waals surface area (Å²) in [7, 11) is 0. The highest BCUT2D eigenvalue weighted by Crippen LogP contribution is 2.38. The van der Waals surface area contributed by atoms with E-state index in [1.54, 1.807) is 11.1 Å². The van der Waals surface area contributed by atoms with Gasteiger partial charge in [0.1, 0.15) is 5.54 Å². The van der Waals surface area contributed by atoms with Crippen molar-refractivity contribution < 1.29 is 9.59 Å². The first-order chi connectivity index (χ1) is 14.9. The van der Waals surface area contributed by atoms with E-state index < -0.39 is 5.54 Å². The lowest BCUT2D eigenvalue weighted by molar-refractivity contribution is -0.136. The molecular formula is C25H34N4O2. The Kier molecular flexibility index (Phi) is 6.28. The van der Waals surface area contributed by atoms with Crippen molar-refractivity contribution in [2.45, 2.75) is 58.0 Å². The van der Waals surface area contributed by atoms with Crippen molar-refractivity contribution in [1.29, 1.82) is 0 Å². The number of urea groups is 1. The van der Waals surface area contributed by atoms with Gasteiger partial charge in [-0.15, -0.1) is 0 Å². The molecule has 0 aromatic carbocycles. The average molecular weight is 423 g/mol. The van der Waals surface area contributed by atoms with Crippen molar-refractivity contribution in [3.05, 3.63) is 53.9 Å². The molecule has 166 valence electrons. The number of carbonyl (C=O) groups excluding carboxylic acids is 2. The van der Waals surface area contributed by atoms with E-state index in [0.29, 0.717) is 25.3 Å². The molecule has 0 bridgehead atoms. The molecule has 1 aromatic rings. The molecular weight excluding hydrogens is 388 g/mol. The van der Waals surface area contributed by atoms with Crippen LogP contribution < -0.4 is 0 Å². The molecule has 0 unspecified atom stereocenters. The van der Waals surface area contributed by atoms with Gasteiger partial charge in [-0.3, -0.25) is 19.6 Å². The van der Waals surface area contributed by atoms with Gasteiger partial charge in [-0.1, -0.05) is 29.9 Å². The van der Waals surface area contributed by atoms with Crippen molar-refractivity contribution in [2.75, 3.05) is 26.2 Å². The zero-order chi connectivity index (χ0) is 22.0. The van der Waals surface area contributed by atoms with Crippen molar-refractivity contribution in [1.82, 2.24) is 19.7 Å². The van der Waals surface area contributed by atoms with E-state index >= 15 is 0 Å². The third kappa shape index (κ3) is 4.18. The SMILES string of the molecule is C=C(C)[C@@H]1CC=C(CN2CCC3(CC2)C(=O)N(Cc2ccccn2)C(=O)N3CC)CC1. The lowest BCUT2D eigenvalue weighted by Crippen LogP contribution is -2.56. The molecule has 4 rings (SSSR count). The zero-order valence-corrected chi connectivity index (χ0v) is 18.8. The number of aromatic nitrogens is 1. The first-order valence-electron chi connectivity index (χ1n) is 11.5. The average Bonchev–Trinajstić information content (AvgIpc) is 2.97. The van der Waals surface area contributed by atoms with Gasteiger partial charge >= 0.3 is 6.03 Å². The standard InChI is InChI=1S/C25H34N4O2/c1-4-29-24(31)28(18-22-7-5-6-14-26-22)23(30)25(29)12-15-27(16-13-25)17-20-8-10-21(11-9-20)19(2)3/h5-8,14,21H,2,4,9-13,15-18H2,1,3H3/t21-/m1/s1. The molecule has 2 fully saturated rings. The molecule has 31 heavy (non-hydrogen) atoms. The summed E-state index contributed by atoms with van der Waals surface area (Å²) in [6.45, 7) is 11.7. The van der Waals surface area contributed by atoms with Gasteiger partial charge in [0.2, 0.25) is 0 Å². The molecule has 3 amide bonds. The second kappa shape index (κ2) is 8.95. The third-order valence-electron chi connectivity index (χ3n) is 7.30. The molecule has 0 N–H and O–H groups in total. The van der Waals surface area contributed by atoms with E-state index in [4.69, 9.17) is 0 Å². The number of likely N-dealkylation sites (tertiary alicyclic amines) is 1. The van der Waals surface area contributed by atoms with Gasteiger partial charge in [-0.25, -0.2) is 4.79 Å². The molecule has 3 aliphatic rings. The highest BCUT2D eigenvalue weighted by Gasteiger charge is 2.57. The fourth-order valence-electron chi connectivity index (χ4n) is 5.35. The molecule has 1 spiro atoms. The summed E-state index contributed by atoms with van der Waals surface area (Å²) < 4.78 is 0. The van der Waals surface area contributed by atoms with Crippen molar-refractivity contribution in [3.63, 3.8) is 0 Å². The van der Waals surface area contributed by atoms with Crippen LogP contribution in [0.1, 0.15) is 51.6 Å². The normalized spacial score (nSPS) is 24.1. The van der Waals surface area contributed by atoms with Gasteiger partial charge in [-0.2, -0.15) is 0 Å². The summed E-state index contributed by atoms with van der Waals surface area (Å²) >= 11 is 0. The maximum absolute atomic E-state index is 13.5. The fourth-order valence-corrected chi connectivity index (χ4v) is 5.35. The summed E-state index contributed by atoms with van der Waals surface area (Å²) in [5, 5.41) is 0. The number of piperidine rings is 1. The van der Waals surface area contributed by atoms with E-state index in [1.165, 1.54) is 22.5 Å². The fraction of sp³-hybridized carbons (Fsp3) is 0.560. The molecule has 2 saturated heterocycles. The van der Waals surface area contributed by atoms with Crippen LogP contribution >= 0.6 is 0 Å². The molecule has 1 aliphatic carbocycles. The Morgan fingerprint density at radius 3 is 2.58 bits per heavy atom. The van der Waals surface area contributed by atoms with Crippen LogP contribution in [0.3, 0.4) is 0 Å². The number of hydrogen-bond acceptors (Lipinski definition) is 4. The van der Waals surface area contributed by atoms with Crippen LogP contribution in [0.4, 0.5) is 4.79 Å². The van der Waals surface area contributed by atoms with Gasteiger partial charge in [0.15, 0.2) is 0 Å². The minimum absolute atomic E-state index is 0.0502. The van der Waals surface area contributed by atoms with Gasteiger partial charge in [-0.05, 0) is 64.0 Å². The third-order valence-corrected chi connectivity index (χ3v) is 7.30. The van der Waals surface area contributed by atoms with E-state index in [-0.39, 0.29) is 18.5 Å². The predicted molar refractivity (Wildman–Crippen MR) is 121 cm³/mol. The van der Waals surface area contributed by atoms with E-state index in [2.05, 4.69) is 29.5 Å². The van der Waals surface area contributed by atoms with Crippen LogP contribution in [-0.4, -0.2) is 63.3 Å². The van der Waals surface area contributed by atoms with Crippen LogP contribution in [0.25, 0.3) is 0 Å². The Labute approximate surface area is 185 Å². The number of imide groups is 1. The highest BCUT2D eigenvalue weighted by molar-refractivity contribution is 6.07. The predicted octanol–water partition coefficient (Wildman–Crippen LogP) is 4.00. The molecule has 0 saturated carbocycles. The number of amides is 3. The summed E-state index contributed by atoms with van der Waals surface area (Å²) in [5.74, 6) is 0.574. The molecule has 1 aromatic heterocycles. The summed E-state index contributed by atoms with van der Waals surface area (Å²) in [4.78, 5) is 36.5. The van der Waals surface area contributed by atoms with Gasteiger partial charge in [0.25, 0.3) is 5.91 Å². The Morgan fingerprint density at radius 2 is 2.00 bits per heavy atom. The molecule has 2 aliphatic heterocycles. The number of pyridine rings is 1. The Morgan fingerprint density at radius 1 is 1.23 bits per heavy atom. The minimum atomic E-state index is -0.691. The monoisotopic (exact) mass is 422 g/mol. The molecule has 6 heteroatoms. The van der Waals surface area contributed by atoms with Crippen molar-refractivity contribution in [3.8, 4) is 0 Å². The van der Waals surface area contributed by atoms with Gasteiger partial charge in [0.05, 0.1) is 12.2 Å². The summed E-state index contributed by atoms with van der Waals surface area (Å²) in [6, 6.07) is 5.42. The van der Waals surface area contributed by atoms with E-state index in [9.17, 15) is 9.59 Å². The number of likely N-dealkylation sites (N-methyl/N-ethyl adjacent to an activating group) is 1. The number of rotatable bonds is 6. The lowest BCUT2D eigenvalue weighted by atomic mass is 9.83. The zero-order valence-electron chi connectivity index (χ0n) is 18.8. The molecule has 3 heterocycles. The Balaban J connectivity index is 1.41. The Bertz CT molecular complexity index is 871.